The molecule has 0 aromatic heterocycles. The molecule has 27 heavy (non-hydrogen) atoms. The minimum Gasteiger partial charge on any atom is -0.464 e. The van der Waals surface area contributed by atoms with Gasteiger partial charge in [-0.1, -0.05) is 46.3 Å². The molecule has 140 valence electrons. The number of carbonyl (C=O) groups excluding carboxylic acids is 3. The summed E-state index contributed by atoms with van der Waals surface area (Å²) in [6.07, 6.45) is 1.58. The van der Waals surface area contributed by atoms with Gasteiger partial charge in [-0.05, 0) is 35.9 Å². The number of carbonyl (C=O) groups is 3. The lowest BCUT2D eigenvalue weighted by atomic mass is 10.1. The first-order valence-electron chi connectivity index (χ1n) is 8.21. The fourth-order valence-electron chi connectivity index (χ4n) is 2.12. The second kappa shape index (κ2) is 10.3. The molecule has 0 bridgehead atoms. The Hall–Kier alpha value is -2.93. The Balaban J connectivity index is 2.14. The molecule has 0 saturated carbocycles. The van der Waals surface area contributed by atoms with Crippen LogP contribution in [0.25, 0.3) is 6.08 Å². The topological polar surface area (TPSA) is 84.5 Å². The molecule has 2 amide bonds. The monoisotopic (exact) mass is 430 g/mol. The van der Waals surface area contributed by atoms with E-state index < -0.39 is 17.8 Å². The summed E-state index contributed by atoms with van der Waals surface area (Å²) in [5, 5.41) is 5.25. The molecule has 6 nitrogen and oxygen atoms in total. The lowest BCUT2D eigenvalue weighted by Gasteiger charge is -2.11. The molecule has 2 N–H and O–H groups in total. The summed E-state index contributed by atoms with van der Waals surface area (Å²) in [7, 11) is 0. The Labute approximate surface area is 165 Å². The molecule has 0 aliphatic rings. The van der Waals surface area contributed by atoms with Gasteiger partial charge in [0.2, 0.25) is 0 Å². The summed E-state index contributed by atoms with van der Waals surface area (Å²) in [5.74, 6) is -1.30. The van der Waals surface area contributed by atoms with Crippen LogP contribution < -0.4 is 10.6 Å². The molecule has 0 aliphatic heterocycles. The molecule has 0 atom stereocenters. The lowest BCUT2D eigenvalue weighted by molar-refractivity contribution is -0.141. The Bertz CT molecular complexity index is 833. The lowest BCUT2D eigenvalue weighted by Crippen LogP contribution is -2.36. The minimum atomic E-state index is -0.477. The van der Waals surface area contributed by atoms with Gasteiger partial charge in [0, 0.05) is 17.0 Å². The van der Waals surface area contributed by atoms with Gasteiger partial charge in [0.15, 0.2) is 0 Å². The highest BCUT2D eigenvalue weighted by Gasteiger charge is 2.14. The van der Waals surface area contributed by atoms with Crippen LogP contribution in [-0.4, -0.2) is 30.9 Å². The summed E-state index contributed by atoms with van der Waals surface area (Å²) < 4.78 is 5.69. The van der Waals surface area contributed by atoms with Crippen molar-refractivity contribution < 1.29 is 19.1 Å². The standard InChI is InChI=1S/C20H19BrN2O4/c1-14(24)27-12-11-22-20(26)18(13-15-7-9-17(21)10-8-15)23-19(25)16-5-3-2-4-6-16/h2-10,13H,11-12H2,1H3,(H,22,26)(H,23,25). The highest BCUT2D eigenvalue weighted by atomic mass is 79.9. The van der Waals surface area contributed by atoms with E-state index in [4.69, 9.17) is 4.74 Å². The zero-order valence-electron chi connectivity index (χ0n) is 14.7. The van der Waals surface area contributed by atoms with E-state index >= 15 is 0 Å². The number of amides is 2. The van der Waals surface area contributed by atoms with Gasteiger partial charge in [-0.25, -0.2) is 0 Å². The number of benzene rings is 2. The fourth-order valence-corrected chi connectivity index (χ4v) is 2.39. The minimum absolute atomic E-state index is 0.0548. The molecule has 0 heterocycles. The predicted octanol–water partition coefficient (Wildman–Crippen LogP) is 2.90. The van der Waals surface area contributed by atoms with Crippen molar-refractivity contribution in [2.75, 3.05) is 13.2 Å². The van der Waals surface area contributed by atoms with Crippen molar-refractivity contribution in [3.05, 3.63) is 75.9 Å². The van der Waals surface area contributed by atoms with Crippen molar-refractivity contribution in [1.82, 2.24) is 10.6 Å². The average Bonchev–Trinajstić information content (AvgIpc) is 2.66. The summed E-state index contributed by atoms with van der Waals surface area (Å²) in [5.41, 5.74) is 1.28. The molecule has 2 rings (SSSR count). The van der Waals surface area contributed by atoms with Crippen molar-refractivity contribution in [1.29, 1.82) is 0 Å². The Morgan fingerprint density at radius 3 is 2.33 bits per heavy atom. The van der Waals surface area contributed by atoms with E-state index in [9.17, 15) is 14.4 Å². The summed E-state index contributed by atoms with van der Waals surface area (Å²) >= 11 is 3.35. The van der Waals surface area contributed by atoms with Crippen LogP contribution in [0.2, 0.25) is 0 Å². The first-order chi connectivity index (χ1) is 13.0. The molecular formula is C20H19BrN2O4. The molecule has 0 aliphatic carbocycles. The highest BCUT2D eigenvalue weighted by molar-refractivity contribution is 9.10. The van der Waals surface area contributed by atoms with E-state index in [2.05, 4.69) is 26.6 Å². The normalized spacial score (nSPS) is 10.8. The van der Waals surface area contributed by atoms with Crippen LogP contribution >= 0.6 is 15.9 Å². The van der Waals surface area contributed by atoms with E-state index in [1.54, 1.807) is 36.4 Å². The van der Waals surface area contributed by atoms with Crippen LogP contribution in [0.4, 0.5) is 0 Å². The van der Waals surface area contributed by atoms with Crippen LogP contribution in [0, 0.1) is 0 Å². The van der Waals surface area contributed by atoms with E-state index in [0.29, 0.717) is 5.56 Å². The second-order valence-corrected chi connectivity index (χ2v) is 6.44. The number of esters is 1. The van der Waals surface area contributed by atoms with Crippen molar-refractivity contribution in [3.63, 3.8) is 0 Å². The SMILES string of the molecule is CC(=O)OCCNC(=O)C(=Cc1ccc(Br)cc1)NC(=O)c1ccccc1. The van der Waals surface area contributed by atoms with Gasteiger partial charge in [-0.15, -0.1) is 0 Å². The van der Waals surface area contributed by atoms with Crippen LogP contribution in [0.15, 0.2) is 64.8 Å². The number of rotatable bonds is 7. The second-order valence-electron chi connectivity index (χ2n) is 5.53. The third-order valence-corrected chi connectivity index (χ3v) is 3.93. The molecule has 0 radical (unpaired) electrons. The first-order valence-corrected chi connectivity index (χ1v) is 9.00. The van der Waals surface area contributed by atoms with Gasteiger partial charge in [0.25, 0.3) is 11.8 Å². The molecule has 7 heteroatoms. The van der Waals surface area contributed by atoms with Crippen LogP contribution in [0.3, 0.4) is 0 Å². The number of ether oxygens (including phenoxy) is 1. The van der Waals surface area contributed by atoms with Crippen molar-refractivity contribution >= 4 is 39.8 Å². The van der Waals surface area contributed by atoms with Crippen LogP contribution in [0.5, 0.6) is 0 Å². The molecule has 2 aromatic rings. The largest absolute Gasteiger partial charge is 0.464 e. The fraction of sp³-hybridized carbons (Fsp3) is 0.150. The Morgan fingerprint density at radius 2 is 1.70 bits per heavy atom. The number of nitrogens with one attached hydrogen (secondary N) is 2. The zero-order chi connectivity index (χ0) is 19.6. The molecule has 0 fully saturated rings. The molecule has 0 spiro atoms. The van der Waals surface area contributed by atoms with Crippen molar-refractivity contribution in [3.8, 4) is 0 Å². The number of hydrogen-bond acceptors (Lipinski definition) is 4. The van der Waals surface area contributed by atoms with Crippen LogP contribution in [-0.2, 0) is 14.3 Å². The van der Waals surface area contributed by atoms with E-state index in [0.717, 1.165) is 10.0 Å². The van der Waals surface area contributed by atoms with Gasteiger partial charge >= 0.3 is 5.97 Å². The van der Waals surface area contributed by atoms with E-state index in [1.165, 1.54) is 6.92 Å². The van der Waals surface area contributed by atoms with Gasteiger partial charge in [0.05, 0.1) is 6.54 Å². The van der Waals surface area contributed by atoms with Gasteiger partial charge < -0.3 is 15.4 Å². The highest BCUT2D eigenvalue weighted by Crippen LogP contribution is 2.13. The van der Waals surface area contributed by atoms with Gasteiger partial charge in [-0.3, -0.25) is 14.4 Å². The van der Waals surface area contributed by atoms with Crippen molar-refractivity contribution in [2.24, 2.45) is 0 Å². The quantitative estimate of drug-likeness (QED) is 0.401. The summed E-state index contributed by atoms with van der Waals surface area (Å²) in [4.78, 5) is 35.7. The zero-order valence-corrected chi connectivity index (χ0v) is 16.3. The maximum Gasteiger partial charge on any atom is 0.302 e. The Morgan fingerprint density at radius 1 is 1.04 bits per heavy atom. The van der Waals surface area contributed by atoms with E-state index in [-0.39, 0.29) is 18.8 Å². The third-order valence-electron chi connectivity index (χ3n) is 3.40. The number of hydrogen-bond donors (Lipinski definition) is 2. The Kier molecular flexibility index (Phi) is 7.76. The maximum absolute atomic E-state index is 12.5. The molecule has 0 unspecified atom stereocenters. The van der Waals surface area contributed by atoms with E-state index in [1.807, 2.05) is 24.3 Å². The molecule has 2 aromatic carbocycles. The first kappa shape index (κ1) is 20.4. The summed E-state index contributed by atoms with van der Waals surface area (Å²) in [6.45, 7) is 1.48. The van der Waals surface area contributed by atoms with Crippen LogP contribution in [0.1, 0.15) is 22.8 Å². The molecule has 0 saturated heterocycles. The third kappa shape index (κ3) is 7.07. The predicted molar refractivity (Wildman–Crippen MR) is 106 cm³/mol. The number of halogens is 1. The average molecular weight is 431 g/mol. The summed E-state index contributed by atoms with van der Waals surface area (Å²) in [6, 6.07) is 15.9. The van der Waals surface area contributed by atoms with Crippen molar-refractivity contribution in [2.45, 2.75) is 6.92 Å². The van der Waals surface area contributed by atoms with Gasteiger partial charge in [-0.2, -0.15) is 0 Å². The molecular weight excluding hydrogens is 412 g/mol. The smallest absolute Gasteiger partial charge is 0.302 e. The van der Waals surface area contributed by atoms with Gasteiger partial charge in [0.1, 0.15) is 12.3 Å². The maximum atomic E-state index is 12.5.